The molecule has 1 aromatic heterocycles. The zero-order valence-electron chi connectivity index (χ0n) is 10.6. The zero-order chi connectivity index (χ0) is 13.2. The van der Waals surface area contributed by atoms with Gasteiger partial charge in [0.1, 0.15) is 6.54 Å². The Morgan fingerprint density at radius 1 is 1.56 bits per heavy atom. The number of carbonyl (C=O) groups excluding carboxylic acids is 1. The third-order valence-corrected chi connectivity index (χ3v) is 2.38. The molecule has 1 rings (SSSR count). The van der Waals surface area contributed by atoms with Gasteiger partial charge in [0.25, 0.3) is 0 Å². The van der Waals surface area contributed by atoms with Crippen LogP contribution in [0.2, 0.25) is 0 Å². The van der Waals surface area contributed by atoms with Crippen molar-refractivity contribution in [2.45, 2.75) is 26.3 Å². The lowest BCUT2D eigenvalue weighted by Gasteiger charge is -2.02. The second-order valence-electron chi connectivity index (χ2n) is 3.90. The van der Waals surface area contributed by atoms with Crippen molar-refractivity contribution in [2.24, 2.45) is 0 Å². The maximum absolute atomic E-state index is 11.5. The van der Waals surface area contributed by atoms with Crippen molar-refractivity contribution < 1.29 is 4.79 Å². The van der Waals surface area contributed by atoms with Crippen LogP contribution >= 0.6 is 0 Å². The predicted molar refractivity (Wildman–Crippen MR) is 67.7 cm³/mol. The van der Waals surface area contributed by atoms with Crippen LogP contribution in [-0.4, -0.2) is 35.1 Å². The van der Waals surface area contributed by atoms with Crippen LogP contribution in [0.3, 0.4) is 0 Å². The van der Waals surface area contributed by atoms with Crippen LogP contribution < -0.4 is 10.6 Å². The van der Waals surface area contributed by atoms with Gasteiger partial charge in [0.2, 0.25) is 5.91 Å². The van der Waals surface area contributed by atoms with Crippen molar-refractivity contribution in [1.29, 1.82) is 5.26 Å². The fraction of sp³-hybridized carbons (Fsp3) is 0.583. The van der Waals surface area contributed by atoms with Gasteiger partial charge in [0.15, 0.2) is 0 Å². The lowest BCUT2D eigenvalue weighted by Crippen LogP contribution is -2.27. The quantitative estimate of drug-likeness (QED) is 0.638. The molecule has 6 heteroatoms. The molecule has 0 aliphatic carbocycles. The van der Waals surface area contributed by atoms with Crippen molar-refractivity contribution in [3.63, 3.8) is 0 Å². The average molecular weight is 249 g/mol. The molecule has 1 heterocycles. The van der Waals surface area contributed by atoms with Crippen LogP contribution in [0, 0.1) is 11.3 Å². The summed E-state index contributed by atoms with van der Waals surface area (Å²) >= 11 is 0. The van der Waals surface area contributed by atoms with Gasteiger partial charge in [-0.1, -0.05) is 6.92 Å². The van der Waals surface area contributed by atoms with Gasteiger partial charge < -0.3 is 15.2 Å². The fourth-order valence-electron chi connectivity index (χ4n) is 1.49. The van der Waals surface area contributed by atoms with E-state index in [-0.39, 0.29) is 12.5 Å². The van der Waals surface area contributed by atoms with Crippen LogP contribution in [-0.2, 0) is 17.8 Å². The van der Waals surface area contributed by atoms with Gasteiger partial charge in [-0.2, -0.15) is 5.26 Å². The summed E-state index contributed by atoms with van der Waals surface area (Å²) in [5.41, 5.74) is 0.973. The second kappa shape index (κ2) is 8.25. The third-order valence-electron chi connectivity index (χ3n) is 2.38. The first kappa shape index (κ1) is 14.2. The molecule has 0 saturated carbocycles. The lowest BCUT2D eigenvalue weighted by molar-refractivity contribution is -0.121. The first-order chi connectivity index (χ1) is 8.76. The van der Waals surface area contributed by atoms with Gasteiger partial charge in [-0.15, -0.1) is 0 Å². The molecule has 0 fully saturated rings. The van der Waals surface area contributed by atoms with Crippen LogP contribution in [0.15, 0.2) is 12.5 Å². The molecule has 0 aromatic carbocycles. The van der Waals surface area contributed by atoms with Crippen molar-refractivity contribution in [1.82, 2.24) is 20.2 Å². The highest BCUT2D eigenvalue weighted by Gasteiger charge is 2.03. The first-order valence-electron chi connectivity index (χ1n) is 6.11. The van der Waals surface area contributed by atoms with E-state index in [1.165, 1.54) is 0 Å². The van der Waals surface area contributed by atoms with E-state index < -0.39 is 0 Å². The molecule has 0 unspecified atom stereocenters. The zero-order valence-corrected chi connectivity index (χ0v) is 10.6. The second-order valence-corrected chi connectivity index (χ2v) is 3.90. The summed E-state index contributed by atoms with van der Waals surface area (Å²) in [6, 6.07) is 1.98. The molecule has 1 aromatic rings. The van der Waals surface area contributed by atoms with E-state index in [2.05, 4.69) is 22.5 Å². The van der Waals surface area contributed by atoms with Gasteiger partial charge in [-0.25, -0.2) is 4.98 Å². The molecule has 1 amide bonds. The number of nitrogens with one attached hydrogen (secondary N) is 2. The summed E-state index contributed by atoms with van der Waals surface area (Å²) < 4.78 is 1.75. The smallest absolute Gasteiger partial charge is 0.240 e. The normalized spacial score (nSPS) is 10.0. The largest absolute Gasteiger partial charge is 0.354 e. The molecule has 0 bridgehead atoms. The Bertz CT molecular complexity index is 407. The van der Waals surface area contributed by atoms with Crippen LogP contribution in [0.1, 0.15) is 19.0 Å². The van der Waals surface area contributed by atoms with E-state index in [9.17, 15) is 4.79 Å². The number of imidazole rings is 1. The Morgan fingerprint density at radius 2 is 2.39 bits per heavy atom. The van der Waals surface area contributed by atoms with Gasteiger partial charge in [-0.05, 0) is 6.54 Å². The van der Waals surface area contributed by atoms with Crippen LogP contribution in [0.25, 0.3) is 0 Å². The van der Waals surface area contributed by atoms with Crippen LogP contribution in [0.4, 0.5) is 0 Å². The molecule has 0 aliphatic rings. The minimum atomic E-state index is -0.0964. The van der Waals surface area contributed by atoms with E-state index in [1.807, 2.05) is 12.3 Å². The van der Waals surface area contributed by atoms with Gasteiger partial charge in [0, 0.05) is 25.7 Å². The average Bonchev–Trinajstić information content (AvgIpc) is 2.77. The maximum atomic E-state index is 11.5. The number of carbonyl (C=O) groups is 1. The Kier molecular flexibility index (Phi) is 6.51. The highest BCUT2D eigenvalue weighted by atomic mass is 16.1. The summed E-state index contributed by atoms with van der Waals surface area (Å²) in [7, 11) is 0. The summed E-state index contributed by atoms with van der Waals surface area (Å²) in [4.78, 5) is 15.7. The number of nitriles is 1. The topological polar surface area (TPSA) is 82.7 Å². The maximum Gasteiger partial charge on any atom is 0.240 e. The highest BCUT2D eigenvalue weighted by Crippen LogP contribution is 1.96. The number of nitrogens with zero attached hydrogens (tertiary/aromatic N) is 3. The molecular formula is C12H19N5O. The van der Waals surface area contributed by atoms with Crippen molar-refractivity contribution in [3.8, 4) is 6.07 Å². The summed E-state index contributed by atoms with van der Waals surface area (Å²) in [6.45, 7) is 4.55. The molecule has 98 valence electrons. The fourth-order valence-corrected chi connectivity index (χ4v) is 1.49. The van der Waals surface area contributed by atoms with E-state index >= 15 is 0 Å². The number of amides is 1. The molecule has 18 heavy (non-hydrogen) atoms. The van der Waals surface area contributed by atoms with Crippen molar-refractivity contribution >= 4 is 5.91 Å². The summed E-state index contributed by atoms with van der Waals surface area (Å²) in [5.74, 6) is -0.0964. The first-order valence-corrected chi connectivity index (χ1v) is 6.11. The number of aromatic nitrogens is 2. The van der Waals surface area contributed by atoms with Gasteiger partial charge >= 0.3 is 0 Å². The number of hydrogen-bond acceptors (Lipinski definition) is 4. The Morgan fingerprint density at radius 3 is 3.11 bits per heavy atom. The molecule has 0 radical (unpaired) electrons. The molecule has 2 N–H and O–H groups in total. The van der Waals surface area contributed by atoms with Gasteiger partial charge in [0.05, 0.1) is 24.5 Å². The number of rotatable bonds is 8. The molecule has 0 aliphatic heterocycles. The third kappa shape index (κ3) is 5.46. The number of likely N-dealkylation sites (N-methyl/N-ethyl adjacent to an activating group) is 1. The van der Waals surface area contributed by atoms with Crippen molar-refractivity contribution in [2.75, 3.05) is 19.6 Å². The number of hydrogen-bond donors (Lipinski definition) is 2. The molecule has 6 nitrogen and oxygen atoms in total. The van der Waals surface area contributed by atoms with Gasteiger partial charge in [-0.3, -0.25) is 4.79 Å². The summed E-state index contributed by atoms with van der Waals surface area (Å²) in [5, 5.41) is 14.2. The predicted octanol–water partition coefficient (Wildman–Crippen LogP) is 0.0650. The van der Waals surface area contributed by atoms with Crippen molar-refractivity contribution in [3.05, 3.63) is 18.2 Å². The minimum Gasteiger partial charge on any atom is -0.354 e. The molecule has 0 spiro atoms. The SMILES string of the molecule is CCNCCc1cn(CC(=O)NCCC#N)cn1. The standard InChI is InChI=1S/C12H19N5O/c1-2-14-7-4-11-8-17(10-16-11)9-12(18)15-6-3-5-13/h8,10,14H,2-4,6-7,9H2,1H3,(H,15,18). The lowest BCUT2D eigenvalue weighted by atomic mass is 10.3. The Hall–Kier alpha value is -1.87. The monoisotopic (exact) mass is 249 g/mol. The van der Waals surface area contributed by atoms with E-state index in [4.69, 9.17) is 5.26 Å². The van der Waals surface area contributed by atoms with E-state index in [0.717, 1.165) is 25.2 Å². The Balaban J connectivity index is 2.30. The Labute approximate surface area is 107 Å². The highest BCUT2D eigenvalue weighted by molar-refractivity contribution is 5.75. The van der Waals surface area contributed by atoms with E-state index in [0.29, 0.717) is 13.0 Å². The summed E-state index contributed by atoms with van der Waals surface area (Å²) in [6.07, 6.45) is 4.73. The minimum absolute atomic E-state index is 0.0964. The van der Waals surface area contributed by atoms with Crippen LogP contribution in [0.5, 0.6) is 0 Å². The molecule has 0 saturated heterocycles. The molecular weight excluding hydrogens is 230 g/mol. The molecule has 0 atom stereocenters. The van der Waals surface area contributed by atoms with E-state index in [1.54, 1.807) is 10.9 Å².